The van der Waals surface area contributed by atoms with Crippen molar-refractivity contribution in [2.45, 2.75) is 37.8 Å². The van der Waals surface area contributed by atoms with Gasteiger partial charge < -0.3 is 20.0 Å². The Balaban J connectivity index is 1.32. The zero-order valence-corrected chi connectivity index (χ0v) is 17.4. The van der Waals surface area contributed by atoms with Gasteiger partial charge in [0.1, 0.15) is 5.76 Å². The van der Waals surface area contributed by atoms with Crippen molar-refractivity contribution in [2.75, 3.05) is 44.7 Å². The maximum atomic E-state index is 5.76. The Morgan fingerprint density at radius 1 is 1.10 bits per heavy atom. The molecule has 0 radical (unpaired) electrons. The van der Waals surface area contributed by atoms with Gasteiger partial charge in [-0.25, -0.2) is 0 Å². The molecule has 0 aliphatic carbocycles. The fourth-order valence-corrected chi connectivity index (χ4v) is 4.45. The van der Waals surface area contributed by atoms with Gasteiger partial charge in [-0.1, -0.05) is 24.6 Å². The van der Waals surface area contributed by atoms with Gasteiger partial charge in [0.15, 0.2) is 5.96 Å². The lowest BCUT2D eigenvalue weighted by molar-refractivity contribution is 0.146. The Bertz CT molecular complexity index is 755. The predicted molar refractivity (Wildman–Crippen MR) is 118 cm³/mol. The summed E-state index contributed by atoms with van der Waals surface area (Å²) >= 11 is 0. The van der Waals surface area contributed by atoms with Crippen LogP contribution in [-0.4, -0.2) is 56.7 Å². The number of nitrogens with one attached hydrogen (secondary N) is 2. The molecule has 2 saturated heterocycles. The molecule has 2 aliphatic rings. The highest BCUT2D eigenvalue weighted by atomic mass is 16.3. The third kappa shape index (κ3) is 5.12. The first-order chi connectivity index (χ1) is 14.3. The van der Waals surface area contributed by atoms with Crippen molar-refractivity contribution in [3.63, 3.8) is 0 Å². The average Bonchev–Trinajstić information content (AvgIpc) is 3.47. The number of rotatable bonds is 6. The molecular formula is C23H33N5O. The topological polar surface area (TPSA) is 56.0 Å². The first-order valence-corrected chi connectivity index (χ1v) is 10.9. The van der Waals surface area contributed by atoms with Crippen molar-refractivity contribution in [1.29, 1.82) is 0 Å². The summed E-state index contributed by atoms with van der Waals surface area (Å²) in [6, 6.07) is 15.4. The Hall–Kier alpha value is -2.47. The van der Waals surface area contributed by atoms with Crippen molar-refractivity contribution in [3.05, 3.63) is 54.5 Å². The zero-order valence-electron chi connectivity index (χ0n) is 17.4. The summed E-state index contributed by atoms with van der Waals surface area (Å²) in [5.41, 5.74) is 1.29. The lowest BCUT2D eigenvalue weighted by Gasteiger charge is -2.34. The number of piperidine rings is 1. The molecule has 2 aromatic rings. The standard InChI is InChI=1S/C23H33N5O/c1-24-23(26-19-12-15-28(18-19)20-9-4-2-5-10-20)25-17-21(22-11-8-16-29-22)27-13-6-3-7-14-27/h2,4-5,8-11,16,19,21H,3,6-7,12-15,17-18H2,1H3,(H2,24,25,26). The van der Waals surface area contributed by atoms with Crippen LogP contribution in [0, 0.1) is 0 Å². The zero-order chi connectivity index (χ0) is 19.9. The predicted octanol–water partition coefficient (Wildman–Crippen LogP) is 3.25. The van der Waals surface area contributed by atoms with Gasteiger partial charge in [0.25, 0.3) is 0 Å². The van der Waals surface area contributed by atoms with E-state index in [9.17, 15) is 0 Å². The molecule has 156 valence electrons. The lowest BCUT2D eigenvalue weighted by atomic mass is 10.1. The molecule has 0 saturated carbocycles. The second kappa shape index (κ2) is 9.83. The summed E-state index contributed by atoms with van der Waals surface area (Å²) in [7, 11) is 1.85. The number of likely N-dealkylation sites (tertiary alicyclic amines) is 1. The van der Waals surface area contributed by atoms with E-state index in [2.05, 4.69) is 61.8 Å². The quantitative estimate of drug-likeness (QED) is 0.581. The van der Waals surface area contributed by atoms with Crippen LogP contribution >= 0.6 is 0 Å². The van der Waals surface area contributed by atoms with Crippen LogP contribution in [0.2, 0.25) is 0 Å². The number of furan rings is 1. The molecule has 3 heterocycles. The van der Waals surface area contributed by atoms with Crippen LogP contribution in [0.5, 0.6) is 0 Å². The van der Waals surface area contributed by atoms with Gasteiger partial charge in [0.05, 0.1) is 12.3 Å². The second-order valence-electron chi connectivity index (χ2n) is 7.99. The van der Waals surface area contributed by atoms with E-state index in [4.69, 9.17) is 4.42 Å². The molecule has 6 nitrogen and oxygen atoms in total. The highest BCUT2D eigenvalue weighted by molar-refractivity contribution is 5.80. The first kappa shape index (κ1) is 19.8. The first-order valence-electron chi connectivity index (χ1n) is 10.9. The maximum Gasteiger partial charge on any atom is 0.191 e. The van der Waals surface area contributed by atoms with Gasteiger partial charge in [0.2, 0.25) is 0 Å². The van der Waals surface area contributed by atoms with Crippen molar-refractivity contribution in [3.8, 4) is 0 Å². The van der Waals surface area contributed by atoms with Gasteiger partial charge in [-0.2, -0.15) is 0 Å². The molecule has 2 N–H and O–H groups in total. The summed E-state index contributed by atoms with van der Waals surface area (Å²) in [6.07, 6.45) is 6.75. The minimum Gasteiger partial charge on any atom is -0.468 e. The Morgan fingerprint density at radius 2 is 1.93 bits per heavy atom. The molecule has 4 rings (SSSR count). The lowest BCUT2D eigenvalue weighted by Crippen LogP contribution is -2.48. The van der Waals surface area contributed by atoms with E-state index in [1.54, 1.807) is 6.26 Å². The second-order valence-corrected chi connectivity index (χ2v) is 7.99. The highest BCUT2D eigenvalue weighted by Crippen LogP contribution is 2.24. The minimum absolute atomic E-state index is 0.244. The van der Waals surface area contributed by atoms with E-state index in [1.807, 2.05) is 13.1 Å². The van der Waals surface area contributed by atoms with Gasteiger partial charge in [-0.05, 0) is 56.6 Å². The molecule has 2 aliphatic heterocycles. The number of aliphatic imine (C=N–C) groups is 1. The molecule has 2 fully saturated rings. The maximum absolute atomic E-state index is 5.76. The molecule has 0 amide bonds. The molecule has 2 unspecified atom stereocenters. The summed E-state index contributed by atoms with van der Waals surface area (Å²) in [5, 5.41) is 7.17. The van der Waals surface area contributed by atoms with Crippen LogP contribution < -0.4 is 15.5 Å². The van der Waals surface area contributed by atoms with E-state index in [-0.39, 0.29) is 6.04 Å². The normalized spacial score (nSPS) is 21.9. The van der Waals surface area contributed by atoms with Crippen molar-refractivity contribution in [1.82, 2.24) is 15.5 Å². The van der Waals surface area contributed by atoms with Crippen LogP contribution in [0.4, 0.5) is 5.69 Å². The van der Waals surface area contributed by atoms with E-state index in [1.165, 1.54) is 24.9 Å². The van der Waals surface area contributed by atoms with E-state index in [0.717, 1.165) is 50.9 Å². The van der Waals surface area contributed by atoms with E-state index >= 15 is 0 Å². The monoisotopic (exact) mass is 395 g/mol. The molecule has 0 bridgehead atoms. The van der Waals surface area contributed by atoms with E-state index < -0.39 is 0 Å². The summed E-state index contributed by atoms with van der Waals surface area (Å²) in [4.78, 5) is 9.45. The van der Waals surface area contributed by atoms with Crippen LogP contribution in [0.1, 0.15) is 37.5 Å². The molecule has 2 atom stereocenters. The van der Waals surface area contributed by atoms with Crippen molar-refractivity contribution < 1.29 is 4.42 Å². The molecule has 1 aromatic carbocycles. The molecule has 1 aromatic heterocycles. The fourth-order valence-electron chi connectivity index (χ4n) is 4.45. The third-order valence-corrected chi connectivity index (χ3v) is 6.04. The summed E-state index contributed by atoms with van der Waals surface area (Å²) < 4.78 is 5.76. The van der Waals surface area contributed by atoms with Crippen LogP contribution in [0.25, 0.3) is 0 Å². The Morgan fingerprint density at radius 3 is 2.66 bits per heavy atom. The number of hydrogen-bond acceptors (Lipinski definition) is 4. The SMILES string of the molecule is CN=C(NCC(c1ccco1)N1CCCCC1)NC1CCN(c2ccccc2)C1. The van der Waals surface area contributed by atoms with Gasteiger partial charge in [-0.15, -0.1) is 0 Å². The van der Waals surface area contributed by atoms with Crippen LogP contribution in [0.3, 0.4) is 0 Å². The van der Waals surface area contributed by atoms with E-state index in [0.29, 0.717) is 6.04 Å². The number of benzene rings is 1. The van der Waals surface area contributed by atoms with Crippen molar-refractivity contribution >= 4 is 11.6 Å². The molecule has 0 spiro atoms. The smallest absolute Gasteiger partial charge is 0.191 e. The number of hydrogen-bond donors (Lipinski definition) is 2. The number of guanidine groups is 1. The number of para-hydroxylation sites is 1. The molecular weight excluding hydrogens is 362 g/mol. The largest absolute Gasteiger partial charge is 0.468 e. The van der Waals surface area contributed by atoms with Crippen molar-refractivity contribution in [2.24, 2.45) is 4.99 Å². The van der Waals surface area contributed by atoms with Crippen LogP contribution in [0.15, 0.2) is 58.1 Å². The van der Waals surface area contributed by atoms with Gasteiger partial charge in [0, 0.05) is 38.4 Å². The number of nitrogens with zero attached hydrogens (tertiary/aromatic N) is 3. The number of anilines is 1. The molecule has 6 heteroatoms. The third-order valence-electron chi connectivity index (χ3n) is 6.04. The molecule has 29 heavy (non-hydrogen) atoms. The van der Waals surface area contributed by atoms with Gasteiger partial charge >= 0.3 is 0 Å². The fraction of sp³-hybridized carbons (Fsp3) is 0.522. The Kier molecular flexibility index (Phi) is 6.72. The van der Waals surface area contributed by atoms with Gasteiger partial charge in [-0.3, -0.25) is 9.89 Å². The highest BCUT2D eigenvalue weighted by Gasteiger charge is 2.26. The average molecular weight is 396 g/mol. The minimum atomic E-state index is 0.244. The van der Waals surface area contributed by atoms with Crippen LogP contribution in [-0.2, 0) is 0 Å². The summed E-state index contributed by atoms with van der Waals surface area (Å²) in [5.74, 6) is 1.91. The Labute approximate surface area is 174 Å². The summed E-state index contributed by atoms with van der Waals surface area (Å²) in [6.45, 7) is 5.13.